The van der Waals surface area contributed by atoms with Crippen LogP contribution in [0.4, 0.5) is 14.9 Å². The van der Waals surface area contributed by atoms with Gasteiger partial charge in [0.25, 0.3) is 5.91 Å². The largest absolute Gasteiger partial charge is 0.480 e. The van der Waals surface area contributed by atoms with Crippen molar-refractivity contribution in [1.29, 1.82) is 0 Å². The number of nitrogens with zero attached hydrogens (tertiary/aromatic N) is 1. The van der Waals surface area contributed by atoms with Gasteiger partial charge in [0.15, 0.2) is 0 Å². The Kier molecular flexibility index (Phi) is 5.49. The van der Waals surface area contributed by atoms with Crippen molar-refractivity contribution >= 4 is 23.7 Å². The van der Waals surface area contributed by atoms with E-state index in [9.17, 15) is 18.8 Å². The molecule has 5 rings (SSSR count). The van der Waals surface area contributed by atoms with Crippen LogP contribution in [-0.4, -0.2) is 47.2 Å². The molecular formula is C26H21FN2O5. The third-order valence-electron chi connectivity index (χ3n) is 6.35. The van der Waals surface area contributed by atoms with Crippen molar-refractivity contribution in [2.24, 2.45) is 0 Å². The molecule has 1 saturated heterocycles. The van der Waals surface area contributed by atoms with E-state index < -0.39 is 29.8 Å². The molecule has 2 amide bonds. The van der Waals surface area contributed by atoms with E-state index in [1.165, 1.54) is 12.1 Å². The van der Waals surface area contributed by atoms with Crippen molar-refractivity contribution in [2.45, 2.75) is 18.4 Å². The highest BCUT2D eigenvalue weighted by Crippen LogP contribution is 2.44. The molecule has 34 heavy (non-hydrogen) atoms. The van der Waals surface area contributed by atoms with Crippen LogP contribution in [0.25, 0.3) is 11.1 Å². The molecule has 7 nitrogen and oxygen atoms in total. The molecule has 1 heterocycles. The number of carboxylic acid groups (broad SMARTS) is 1. The third-order valence-corrected chi connectivity index (χ3v) is 6.35. The first-order valence-corrected chi connectivity index (χ1v) is 10.9. The molecular weight excluding hydrogens is 439 g/mol. The molecule has 0 aromatic heterocycles. The van der Waals surface area contributed by atoms with Gasteiger partial charge in [-0.25, -0.2) is 14.0 Å². The summed E-state index contributed by atoms with van der Waals surface area (Å²) in [5.74, 6) is -2.76. The highest BCUT2D eigenvalue weighted by molar-refractivity contribution is 5.99. The first-order valence-electron chi connectivity index (χ1n) is 10.9. The second kappa shape index (κ2) is 8.62. The summed E-state index contributed by atoms with van der Waals surface area (Å²) >= 11 is 0. The van der Waals surface area contributed by atoms with Crippen molar-refractivity contribution in [1.82, 2.24) is 4.90 Å². The summed E-state index contributed by atoms with van der Waals surface area (Å²) < 4.78 is 19.8. The van der Waals surface area contributed by atoms with E-state index in [0.29, 0.717) is 6.42 Å². The number of fused-ring (bicyclic) bond motifs is 3. The number of ether oxygens (including phenoxy) is 1. The van der Waals surface area contributed by atoms with Crippen LogP contribution in [0.1, 0.15) is 33.8 Å². The zero-order valence-corrected chi connectivity index (χ0v) is 18.0. The molecule has 1 aliphatic heterocycles. The number of halogens is 1. The van der Waals surface area contributed by atoms with Gasteiger partial charge < -0.3 is 14.7 Å². The van der Waals surface area contributed by atoms with Gasteiger partial charge in [0, 0.05) is 18.2 Å². The second-order valence-electron chi connectivity index (χ2n) is 8.29. The minimum Gasteiger partial charge on any atom is -0.480 e. The first-order chi connectivity index (χ1) is 16.4. The quantitative estimate of drug-likeness (QED) is 0.585. The molecule has 8 heteroatoms. The van der Waals surface area contributed by atoms with Crippen LogP contribution in [0, 0.1) is 5.82 Å². The highest BCUT2D eigenvalue weighted by atomic mass is 19.1. The number of hydrogen-bond donors (Lipinski definition) is 2. The van der Waals surface area contributed by atoms with Crippen molar-refractivity contribution in [3.8, 4) is 11.1 Å². The topological polar surface area (TPSA) is 95.9 Å². The Morgan fingerprint density at radius 1 is 1.00 bits per heavy atom. The molecule has 0 radical (unpaired) electrons. The summed E-state index contributed by atoms with van der Waals surface area (Å²) in [6, 6.07) is 18.5. The number of carboxylic acids is 1. The fourth-order valence-electron chi connectivity index (χ4n) is 4.56. The number of carbonyl (C=O) groups excluding carboxylic acids is 2. The van der Waals surface area contributed by atoms with Crippen molar-refractivity contribution in [3.63, 3.8) is 0 Å². The Bertz CT molecular complexity index is 1260. The molecule has 1 unspecified atom stereocenters. The van der Waals surface area contributed by atoms with Crippen molar-refractivity contribution in [2.75, 3.05) is 18.5 Å². The summed E-state index contributed by atoms with van der Waals surface area (Å²) in [6.07, 6.45) is -0.417. The number of rotatable bonds is 5. The lowest BCUT2D eigenvalue weighted by atomic mass is 9.98. The van der Waals surface area contributed by atoms with E-state index in [-0.39, 0.29) is 30.3 Å². The standard InChI is InChI=1S/C26H21FN2O5/c27-22-10-9-15(13-20(22)24(30)29-12-11-23(29)25(31)32)28-26(33)34-14-21-18-7-3-1-5-16(18)17-6-2-4-8-19(17)21/h1-10,13,21,23H,11-12,14H2,(H,28,33)(H,31,32). The van der Waals surface area contributed by atoms with Crippen LogP contribution in [0.15, 0.2) is 66.7 Å². The minimum atomic E-state index is -1.13. The summed E-state index contributed by atoms with van der Waals surface area (Å²) in [5, 5.41) is 11.7. The maximum Gasteiger partial charge on any atom is 0.411 e. The Morgan fingerprint density at radius 2 is 1.65 bits per heavy atom. The molecule has 3 aromatic rings. The average molecular weight is 460 g/mol. The summed E-state index contributed by atoms with van der Waals surface area (Å²) in [5.41, 5.74) is 4.25. The zero-order valence-electron chi connectivity index (χ0n) is 18.0. The molecule has 1 aliphatic carbocycles. The predicted molar refractivity (Wildman–Crippen MR) is 122 cm³/mol. The molecule has 1 fully saturated rings. The van der Waals surface area contributed by atoms with Crippen LogP contribution in [-0.2, 0) is 9.53 Å². The van der Waals surface area contributed by atoms with Gasteiger partial charge in [0.1, 0.15) is 18.5 Å². The summed E-state index contributed by atoms with van der Waals surface area (Å²) in [7, 11) is 0. The number of carbonyl (C=O) groups is 3. The summed E-state index contributed by atoms with van der Waals surface area (Å²) in [6.45, 7) is 0.347. The number of benzene rings is 3. The lowest BCUT2D eigenvalue weighted by Gasteiger charge is -2.38. The second-order valence-corrected chi connectivity index (χ2v) is 8.29. The predicted octanol–water partition coefficient (Wildman–Crippen LogP) is 4.49. The normalized spacial score (nSPS) is 16.3. The number of aliphatic carboxylic acids is 1. The molecule has 0 bridgehead atoms. The van der Waals surface area contributed by atoms with Crippen molar-refractivity contribution in [3.05, 3.63) is 89.2 Å². The van der Waals surface area contributed by atoms with E-state index in [2.05, 4.69) is 5.32 Å². The lowest BCUT2D eigenvalue weighted by molar-refractivity contribution is -0.146. The smallest absolute Gasteiger partial charge is 0.411 e. The molecule has 0 saturated carbocycles. The molecule has 2 aliphatic rings. The average Bonchev–Trinajstić information content (AvgIpc) is 3.11. The van der Waals surface area contributed by atoms with Crippen LogP contribution in [0.5, 0.6) is 0 Å². The molecule has 172 valence electrons. The maximum absolute atomic E-state index is 14.3. The molecule has 3 aromatic carbocycles. The van der Waals surface area contributed by atoms with Crippen LogP contribution >= 0.6 is 0 Å². The number of hydrogen-bond acceptors (Lipinski definition) is 4. The Morgan fingerprint density at radius 3 is 2.24 bits per heavy atom. The third kappa shape index (κ3) is 3.77. The molecule has 0 spiro atoms. The zero-order chi connectivity index (χ0) is 23.8. The van der Waals surface area contributed by atoms with Crippen LogP contribution in [0.3, 0.4) is 0 Å². The van der Waals surface area contributed by atoms with Gasteiger partial charge in [-0.05, 0) is 46.9 Å². The van der Waals surface area contributed by atoms with Gasteiger partial charge in [-0.15, -0.1) is 0 Å². The monoisotopic (exact) mass is 460 g/mol. The van der Waals surface area contributed by atoms with Crippen LogP contribution < -0.4 is 5.32 Å². The van der Waals surface area contributed by atoms with Crippen LogP contribution in [0.2, 0.25) is 0 Å². The van der Waals surface area contributed by atoms with Gasteiger partial charge in [-0.1, -0.05) is 48.5 Å². The Labute approximate surface area is 194 Å². The van der Waals surface area contributed by atoms with Gasteiger partial charge in [-0.2, -0.15) is 0 Å². The molecule has 1 atom stereocenters. The number of nitrogens with one attached hydrogen (secondary N) is 1. The highest BCUT2D eigenvalue weighted by Gasteiger charge is 2.38. The fourth-order valence-corrected chi connectivity index (χ4v) is 4.56. The van der Waals surface area contributed by atoms with E-state index in [1.807, 2.05) is 48.5 Å². The Hall–Kier alpha value is -4.20. The van der Waals surface area contributed by atoms with Gasteiger partial charge in [0.2, 0.25) is 0 Å². The Balaban J connectivity index is 1.27. The van der Waals surface area contributed by atoms with E-state index in [1.54, 1.807) is 0 Å². The maximum atomic E-state index is 14.3. The van der Waals surface area contributed by atoms with Gasteiger partial charge in [0.05, 0.1) is 5.56 Å². The van der Waals surface area contributed by atoms with E-state index in [0.717, 1.165) is 33.2 Å². The minimum absolute atomic E-state index is 0.108. The lowest BCUT2D eigenvalue weighted by Crippen LogP contribution is -2.55. The van der Waals surface area contributed by atoms with E-state index >= 15 is 0 Å². The van der Waals surface area contributed by atoms with Gasteiger partial charge in [-0.3, -0.25) is 10.1 Å². The fraction of sp³-hybridized carbons (Fsp3) is 0.192. The van der Waals surface area contributed by atoms with Gasteiger partial charge >= 0.3 is 12.1 Å². The SMILES string of the molecule is O=C(Nc1ccc(F)c(C(=O)N2CCC2C(=O)O)c1)OCC1c2ccccc2-c2ccccc21. The first kappa shape index (κ1) is 21.6. The number of likely N-dealkylation sites (tertiary alicyclic amines) is 1. The van der Waals surface area contributed by atoms with E-state index in [4.69, 9.17) is 9.84 Å². The summed E-state index contributed by atoms with van der Waals surface area (Å²) in [4.78, 5) is 37.4. The number of anilines is 1. The number of amides is 2. The molecule has 2 N–H and O–H groups in total. The van der Waals surface area contributed by atoms with Crippen molar-refractivity contribution < 1.29 is 28.6 Å².